The highest BCUT2D eigenvalue weighted by molar-refractivity contribution is 6.42. The van der Waals surface area contributed by atoms with Gasteiger partial charge in [-0.3, -0.25) is 9.69 Å². The third kappa shape index (κ3) is 6.51. The van der Waals surface area contributed by atoms with E-state index in [2.05, 4.69) is 15.1 Å². The first-order valence-electron chi connectivity index (χ1n) is 9.51. The highest BCUT2D eigenvalue weighted by atomic mass is 35.5. The lowest BCUT2D eigenvalue weighted by atomic mass is 10.2. The number of amides is 1. The summed E-state index contributed by atoms with van der Waals surface area (Å²) in [6.45, 7) is 5.65. The normalized spacial score (nSPS) is 15.8. The zero-order valence-electron chi connectivity index (χ0n) is 16.3. The molecule has 3 rings (SSSR count). The standard InChI is InChI=1S/C21H25Cl2N3O3/c1-15(27)24-16-2-5-19(6-3-16)29-14-18(28)13-25-8-10-26(11-9-25)17-4-7-20(22)21(23)12-17/h2-7,12,18,28H,8-11,13-14H2,1H3,(H,24,27)/t18-/m1/s1. The Kier molecular flexibility index (Phi) is 7.61. The van der Waals surface area contributed by atoms with Crippen LogP contribution in [0.15, 0.2) is 42.5 Å². The second kappa shape index (κ2) is 10.2. The van der Waals surface area contributed by atoms with Crippen molar-refractivity contribution in [1.29, 1.82) is 0 Å². The van der Waals surface area contributed by atoms with Crippen molar-refractivity contribution >= 4 is 40.5 Å². The van der Waals surface area contributed by atoms with Crippen molar-refractivity contribution in [3.63, 3.8) is 0 Å². The van der Waals surface area contributed by atoms with E-state index in [0.717, 1.165) is 31.9 Å². The van der Waals surface area contributed by atoms with Crippen LogP contribution in [0.3, 0.4) is 0 Å². The molecule has 0 saturated carbocycles. The first kappa shape index (κ1) is 21.7. The second-order valence-corrected chi connectivity index (χ2v) is 7.87. The number of hydrogen-bond donors (Lipinski definition) is 2. The third-order valence-corrected chi connectivity index (χ3v) is 5.47. The zero-order chi connectivity index (χ0) is 20.8. The number of rotatable bonds is 7. The summed E-state index contributed by atoms with van der Waals surface area (Å²) in [5, 5.41) is 14.1. The number of ether oxygens (including phenoxy) is 1. The number of nitrogens with zero attached hydrogens (tertiary/aromatic N) is 2. The Hall–Kier alpha value is -1.99. The molecule has 6 nitrogen and oxygen atoms in total. The van der Waals surface area contributed by atoms with Crippen LogP contribution in [0.5, 0.6) is 5.75 Å². The zero-order valence-corrected chi connectivity index (χ0v) is 17.8. The molecule has 0 aliphatic carbocycles. The lowest BCUT2D eigenvalue weighted by molar-refractivity contribution is -0.114. The average Bonchev–Trinajstić information content (AvgIpc) is 2.70. The fourth-order valence-electron chi connectivity index (χ4n) is 3.25. The average molecular weight is 438 g/mol. The van der Waals surface area contributed by atoms with Crippen LogP contribution in [0.4, 0.5) is 11.4 Å². The number of carbonyl (C=O) groups excluding carboxylic acids is 1. The van der Waals surface area contributed by atoms with Crippen LogP contribution < -0.4 is 15.0 Å². The lowest BCUT2D eigenvalue weighted by Gasteiger charge is -2.37. The maximum atomic E-state index is 11.0. The SMILES string of the molecule is CC(=O)Nc1ccc(OC[C@H](O)CN2CCN(c3ccc(Cl)c(Cl)c3)CC2)cc1. The lowest BCUT2D eigenvalue weighted by Crippen LogP contribution is -2.49. The molecule has 1 heterocycles. The molecule has 1 amide bonds. The Bertz CT molecular complexity index is 824. The van der Waals surface area contributed by atoms with Gasteiger partial charge in [0.2, 0.25) is 5.91 Å². The molecule has 29 heavy (non-hydrogen) atoms. The molecule has 0 radical (unpaired) electrons. The van der Waals surface area contributed by atoms with Gasteiger partial charge in [0.05, 0.1) is 10.0 Å². The Labute approximate surface area is 181 Å². The number of carbonyl (C=O) groups is 1. The van der Waals surface area contributed by atoms with Gasteiger partial charge in [-0.2, -0.15) is 0 Å². The fourth-order valence-corrected chi connectivity index (χ4v) is 3.54. The summed E-state index contributed by atoms with van der Waals surface area (Å²) in [5.41, 5.74) is 1.77. The molecule has 1 aliphatic heterocycles. The van der Waals surface area contributed by atoms with E-state index in [1.165, 1.54) is 6.92 Å². The summed E-state index contributed by atoms with van der Waals surface area (Å²) in [4.78, 5) is 15.5. The van der Waals surface area contributed by atoms with Crippen molar-refractivity contribution < 1.29 is 14.6 Å². The van der Waals surface area contributed by atoms with Gasteiger partial charge in [-0.25, -0.2) is 0 Å². The predicted molar refractivity (Wildman–Crippen MR) is 117 cm³/mol. The summed E-state index contributed by atoms with van der Waals surface area (Å²) in [6, 6.07) is 12.8. The molecule has 1 fully saturated rings. The minimum absolute atomic E-state index is 0.117. The number of anilines is 2. The van der Waals surface area contributed by atoms with Crippen molar-refractivity contribution in [1.82, 2.24) is 4.90 Å². The number of halogens is 2. The third-order valence-electron chi connectivity index (χ3n) is 4.73. The largest absolute Gasteiger partial charge is 0.491 e. The van der Waals surface area contributed by atoms with E-state index in [1.807, 2.05) is 18.2 Å². The van der Waals surface area contributed by atoms with E-state index in [9.17, 15) is 9.90 Å². The number of hydrogen-bond acceptors (Lipinski definition) is 5. The molecular weight excluding hydrogens is 413 g/mol. The summed E-state index contributed by atoms with van der Waals surface area (Å²) in [7, 11) is 0. The smallest absolute Gasteiger partial charge is 0.221 e. The van der Waals surface area contributed by atoms with E-state index in [-0.39, 0.29) is 12.5 Å². The van der Waals surface area contributed by atoms with Crippen molar-refractivity contribution in [2.75, 3.05) is 49.5 Å². The van der Waals surface area contributed by atoms with E-state index in [0.29, 0.717) is 28.0 Å². The molecule has 0 spiro atoms. The van der Waals surface area contributed by atoms with Crippen LogP contribution in [0, 0.1) is 0 Å². The molecule has 2 aromatic rings. The van der Waals surface area contributed by atoms with Gasteiger partial charge in [-0.15, -0.1) is 0 Å². The number of β-amino-alcohol motifs (C(OH)–C–C–N with tert-alkyl or cyclic N) is 1. The van der Waals surface area contributed by atoms with E-state index < -0.39 is 6.10 Å². The van der Waals surface area contributed by atoms with Crippen LogP contribution in [-0.2, 0) is 4.79 Å². The van der Waals surface area contributed by atoms with E-state index in [4.69, 9.17) is 27.9 Å². The van der Waals surface area contributed by atoms with Gasteiger partial charge in [0, 0.05) is 51.0 Å². The predicted octanol–water partition coefficient (Wildman–Crippen LogP) is 3.51. The van der Waals surface area contributed by atoms with Gasteiger partial charge < -0.3 is 20.1 Å². The molecule has 2 aromatic carbocycles. The second-order valence-electron chi connectivity index (χ2n) is 7.06. The minimum Gasteiger partial charge on any atom is -0.491 e. The van der Waals surface area contributed by atoms with Crippen LogP contribution in [0.25, 0.3) is 0 Å². The quantitative estimate of drug-likeness (QED) is 0.693. The molecule has 1 aliphatic rings. The van der Waals surface area contributed by atoms with Crippen LogP contribution in [0.2, 0.25) is 10.0 Å². The molecule has 2 N–H and O–H groups in total. The van der Waals surface area contributed by atoms with Gasteiger partial charge in [0.15, 0.2) is 0 Å². The van der Waals surface area contributed by atoms with Crippen molar-refractivity contribution in [3.8, 4) is 5.75 Å². The van der Waals surface area contributed by atoms with Gasteiger partial charge in [-0.1, -0.05) is 23.2 Å². The minimum atomic E-state index is -0.582. The number of nitrogens with one attached hydrogen (secondary N) is 1. The molecule has 1 saturated heterocycles. The molecule has 1 atom stereocenters. The summed E-state index contributed by atoms with van der Waals surface area (Å²) in [6.07, 6.45) is -0.582. The van der Waals surface area contributed by atoms with Crippen LogP contribution >= 0.6 is 23.2 Å². The molecule has 0 bridgehead atoms. The topological polar surface area (TPSA) is 65.0 Å². The van der Waals surface area contributed by atoms with Gasteiger partial charge >= 0.3 is 0 Å². The molecule has 8 heteroatoms. The molecule has 0 unspecified atom stereocenters. The Morgan fingerprint density at radius 3 is 2.41 bits per heavy atom. The first-order chi connectivity index (χ1) is 13.9. The van der Waals surface area contributed by atoms with Gasteiger partial charge in [0.25, 0.3) is 0 Å². The maximum absolute atomic E-state index is 11.0. The Morgan fingerprint density at radius 2 is 1.79 bits per heavy atom. The van der Waals surface area contributed by atoms with E-state index >= 15 is 0 Å². The molecule has 0 aromatic heterocycles. The highest BCUT2D eigenvalue weighted by Gasteiger charge is 2.20. The number of benzene rings is 2. The van der Waals surface area contributed by atoms with Crippen LogP contribution in [-0.4, -0.2) is 61.3 Å². The first-order valence-corrected chi connectivity index (χ1v) is 10.3. The molecule has 156 valence electrons. The van der Waals surface area contributed by atoms with Crippen LogP contribution in [0.1, 0.15) is 6.92 Å². The number of aliphatic hydroxyl groups is 1. The highest BCUT2D eigenvalue weighted by Crippen LogP contribution is 2.27. The Morgan fingerprint density at radius 1 is 1.10 bits per heavy atom. The number of piperazine rings is 1. The summed E-state index contributed by atoms with van der Waals surface area (Å²) >= 11 is 12.1. The summed E-state index contributed by atoms with van der Waals surface area (Å²) in [5.74, 6) is 0.538. The Balaban J connectivity index is 1.40. The van der Waals surface area contributed by atoms with Crippen molar-refractivity contribution in [2.45, 2.75) is 13.0 Å². The van der Waals surface area contributed by atoms with Crippen molar-refractivity contribution in [3.05, 3.63) is 52.5 Å². The number of aliphatic hydroxyl groups excluding tert-OH is 1. The van der Waals surface area contributed by atoms with Crippen molar-refractivity contribution in [2.24, 2.45) is 0 Å². The maximum Gasteiger partial charge on any atom is 0.221 e. The monoisotopic (exact) mass is 437 g/mol. The molecular formula is C21H25Cl2N3O3. The van der Waals surface area contributed by atoms with Gasteiger partial charge in [-0.05, 0) is 42.5 Å². The fraction of sp³-hybridized carbons (Fsp3) is 0.381. The van der Waals surface area contributed by atoms with Gasteiger partial charge in [0.1, 0.15) is 18.5 Å². The van der Waals surface area contributed by atoms with E-state index in [1.54, 1.807) is 24.3 Å². The summed E-state index contributed by atoms with van der Waals surface area (Å²) < 4.78 is 5.66.